The Balaban J connectivity index is 2.50. The highest BCUT2D eigenvalue weighted by Crippen LogP contribution is 2.35. The van der Waals surface area contributed by atoms with Gasteiger partial charge in [0, 0.05) is 17.5 Å². The minimum absolute atomic E-state index is 0.00210. The third kappa shape index (κ3) is 4.37. The van der Waals surface area contributed by atoms with Gasteiger partial charge in [-0.25, -0.2) is 0 Å². The van der Waals surface area contributed by atoms with Crippen LogP contribution >= 0.6 is 11.6 Å². The van der Waals surface area contributed by atoms with Gasteiger partial charge in [-0.1, -0.05) is 11.6 Å². The first kappa shape index (κ1) is 20.7. The molecular weight excluding hydrogens is 374 g/mol. The number of alkyl halides is 1. The van der Waals surface area contributed by atoms with Crippen LogP contribution in [0.4, 0.5) is 0 Å². The topological polar surface area (TPSA) is 124 Å². The fourth-order valence-electron chi connectivity index (χ4n) is 2.81. The number of rotatable bonds is 7. The average molecular weight is 394 g/mol. The number of Topliss-reactive ketones (excluding diaryl/α,β-unsaturated/α-hetero) is 1. The van der Waals surface area contributed by atoms with Gasteiger partial charge in [-0.2, -0.15) is 0 Å². The van der Waals surface area contributed by atoms with Crippen LogP contribution in [-0.4, -0.2) is 50.8 Å². The number of carboxylic acid groups (broad SMARTS) is 1. The minimum Gasteiger partial charge on any atom is -0.507 e. The second-order valence-corrected chi connectivity index (χ2v) is 6.74. The molecule has 0 saturated carbocycles. The van der Waals surface area contributed by atoms with Crippen LogP contribution in [0.2, 0.25) is 0 Å². The highest BCUT2D eigenvalue weighted by molar-refractivity contribution is 6.27. The standard InChI is InChI=1S/C19H20ClNO6/c1-9(2)3-4-11(21-12(8-20)19(26)27)10-7-15(24)16-13(22)5-6-14(23)17(16)18(10)25/h3,5-7,11-12,21-23H,4,8H2,1-2H3,(H,26,27). The van der Waals surface area contributed by atoms with Crippen LogP contribution in [0.3, 0.4) is 0 Å². The largest absolute Gasteiger partial charge is 0.507 e. The first-order chi connectivity index (χ1) is 12.7. The number of hydrogen-bond acceptors (Lipinski definition) is 6. The zero-order valence-electron chi connectivity index (χ0n) is 14.8. The van der Waals surface area contributed by atoms with Gasteiger partial charge in [0.25, 0.3) is 0 Å². The molecule has 1 aliphatic carbocycles. The molecule has 8 heteroatoms. The molecule has 0 aliphatic heterocycles. The van der Waals surface area contributed by atoms with E-state index in [4.69, 9.17) is 11.6 Å². The first-order valence-corrected chi connectivity index (χ1v) is 8.74. The lowest BCUT2D eigenvalue weighted by atomic mass is 9.84. The summed E-state index contributed by atoms with van der Waals surface area (Å²) in [6.07, 6.45) is 3.09. The predicted octanol–water partition coefficient (Wildman–Crippen LogP) is 2.41. The molecule has 0 spiro atoms. The fraction of sp³-hybridized carbons (Fsp3) is 0.316. The molecule has 0 aromatic heterocycles. The summed E-state index contributed by atoms with van der Waals surface area (Å²) < 4.78 is 0. The maximum Gasteiger partial charge on any atom is 0.321 e. The third-order valence-electron chi connectivity index (χ3n) is 4.18. The van der Waals surface area contributed by atoms with Crippen LogP contribution in [0, 0.1) is 0 Å². The van der Waals surface area contributed by atoms with Crippen molar-refractivity contribution in [3.05, 3.63) is 46.6 Å². The second-order valence-electron chi connectivity index (χ2n) is 6.43. The number of carbonyl (C=O) groups excluding carboxylic acids is 2. The molecule has 1 aromatic rings. The van der Waals surface area contributed by atoms with Crippen molar-refractivity contribution in [3.8, 4) is 11.5 Å². The number of allylic oxidation sites excluding steroid dienone is 2. The Morgan fingerprint density at radius 1 is 1.19 bits per heavy atom. The molecule has 2 unspecified atom stereocenters. The van der Waals surface area contributed by atoms with E-state index in [0.717, 1.165) is 23.8 Å². The summed E-state index contributed by atoms with van der Waals surface area (Å²) in [6.45, 7) is 3.68. The molecule has 0 saturated heterocycles. The van der Waals surface area contributed by atoms with E-state index in [0.29, 0.717) is 0 Å². The Hall–Kier alpha value is -2.64. The minimum atomic E-state index is -1.19. The Labute approximate surface area is 161 Å². The molecule has 27 heavy (non-hydrogen) atoms. The van der Waals surface area contributed by atoms with Crippen molar-refractivity contribution in [2.45, 2.75) is 32.4 Å². The number of carboxylic acids is 1. The quantitative estimate of drug-likeness (QED) is 0.318. The van der Waals surface area contributed by atoms with E-state index in [1.54, 1.807) is 6.08 Å². The van der Waals surface area contributed by atoms with Gasteiger partial charge >= 0.3 is 5.97 Å². The Morgan fingerprint density at radius 3 is 2.30 bits per heavy atom. The molecule has 2 atom stereocenters. The number of fused-ring (bicyclic) bond motifs is 1. The summed E-state index contributed by atoms with van der Waals surface area (Å²) in [7, 11) is 0. The van der Waals surface area contributed by atoms with E-state index >= 15 is 0 Å². The molecule has 2 rings (SSSR count). The third-order valence-corrected chi connectivity index (χ3v) is 4.48. The molecule has 1 aromatic carbocycles. The highest BCUT2D eigenvalue weighted by atomic mass is 35.5. The zero-order chi connectivity index (χ0) is 20.3. The van der Waals surface area contributed by atoms with Crippen molar-refractivity contribution >= 4 is 29.1 Å². The van der Waals surface area contributed by atoms with Gasteiger partial charge in [0.15, 0.2) is 11.6 Å². The first-order valence-electron chi connectivity index (χ1n) is 8.21. The van der Waals surface area contributed by atoms with E-state index < -0.39 is 41.1 Å². The molecule has 0 bridgehead atoms. The molecule has 144 valence electrons. The highest BCUT2D eigenvalue weighted by Gasteiger charge is 2.35. The van der Waals surface area contributed by atoms with E-state index in [-0.39, 0.29) is 29.0 Å². The summed E-state index contributed by atoms with van der Waals surface area (Å²) in [6, 6.07) is 0.307. The van der Waals surface area contributed by atoms with Crippen molar-refractivity contribution in [1.82, 2.24) is 5.32 Å². The van der Waals surface area contributed by atoms with Crippen LogP contribution in [0.5, 0.6) is 11.5 Å². The molecule has 1 aliphatic rings. The van der Waals surface area contributed by atoms with Gasteiger partial charge in [0.05, 0.1) is 11.1 Å². The number of carbonyl (C=O) groups is 3. The molecular formula is C19H20ClNO6. The number of aliphatic carboxylic acids is 1. The van der Waals surface area contributed by atoms with Crippen molar-refractivity contribution < 1.29 is 29.7 Å². The van der Waals surface area contributed by atoms with Gasteiger partial charge in [0.1, 0.15) is 17.5 Å². The Kier molecular flexibility index (Phi) is 6.41. The maximum absolute atomic E-state index is 12.9. The Bertz CT molecular complexity index is 854. The molecule has 4 N–H and O–H groups in total. The van der Waals surface area contributed by atoms with Crippen molar-refractivity contribution in [3.63, 3.8) is 0 Å². The molecule has 0 radical (unpaired) electrons. The van der Waals surface area contributed by atoms with Crippen LogP contribution in [-0.2, 0) is 4.79 Å². The lowest BCUT2D eigenvalue weighted by Gasteiger charge is -2.26. The smallest absolute Gasteiger partial charge is 0.321 e. The zero-order valence-corrected chi connectivity index (χ0v) is 15.6. The summed E-state index contributed by atoms with van der Waals surface area (Å²) in [5, 5.41) is 32.0. The fourth-order valence-corrected chi connectivity index (χ4v) is 3.03. The van der Waals surface area contributed by atoms with Gasteiger partial charge in [0.2, 0.25) is 0 Å². The maximum atomic E-state index is 12.9. The second kappa shape index (κ2) is 8.37. The summed E-state index contributed by atoms with van der Waals surface area (Å²) >= 11 is 5.70. The number of halogens is 1. The monoisotopic (exact) mass is 393 g/mol. The summed E-state index contributed by atoms with van der Waals surface area (Å²) in [5.41, 5.74) is 0.383. The van der Waals surface area contributed by atoms with E-state index in [1.807, 2.05) is 13.8 Å². The number of ketones is 2. The lowest BCUT2D eigenvalue weighted by molar-refractivity contribution is -0.139. The van der Waals surface area contributed by atoms with Gasteiger partial charge < -0.3 is 15.3 Å². The van der Waals surface area contributed by atoms with Gasteiger partial charge in [-0.05, 0) is 38.5 Å². The SMILES string of the molecule is CC(C)=CCC(NC(CCl)C(=O)O)C1=CC(=O)c2c(O)ccc(O)c2C1=O. The Morgan fingerprint density at radius 2 is 1.78 bits per heavy atom. The van der Waals surface area contributed by atoms with Crippen LogP contribution in [0.15, 0.2) is 35.4 Å². The number of aromatic hydroxyl groups is 2. The van der Waals surface area contributed by atoms with Crippen LogP contribution in [0.1, 0.15) is 41.0 Å². The molecule has 0 amide bonds. The van der Waals surface area contributed by atoms with Crippen molar-refractivity contribution in [2.24, 2.45) is 0 Å². The van der Waals surface area contributed by atoms with Crippen LogP contribution < -0.4 is 5.32 Å². The number of benzene rings is 1. The van der Waals surface area contributed by atoms with E-state index in [2.05, 4.69) is 5.32 Å². The van der Waals surface area contributed by atoms with Gasteiger partial charge in [-0.15, -0.1) is 11.6 Å². The number of phenolic OH excluding ortho intramolecular Hbond substituents is 2. The van der Waals surface area contributed by atoms with E-state index in [9.17, 15) is 29.7 Å². The van der Waals surface area contributed by atoms with Gasteiger partial charge in [-0.3, -0.25) is 19.7 Å². The molecule has 7 nitrogen and oxygen atoms in total. The average Bonchev–Trinajstić information content (AvgIpc) is 2.60. The molecule has 0 fully saturated rings. The van der Waals surface area contributed by atoms with E-state index in [1.165, 1.54) is 0 Å². The van der Waals surface area contributed by atoms with Crippen LogP contribution in [0.25, 0.3) is 0 Å². The summed E-state index contributed by atoms with van der Waals surface area (Å²) in [5.74, 6) is -3.57. The predicted molar refractivity (Wildman–Crippen MR) is 99.6 cm³/mol. The normalized spacial score (nSPS) is 15.6. The lowest BCUT2D eigenvalue weighted by Crippen LogP contribution is -2.47. The molecule has 0 heterocycles. The summed E-state index contributed by atoms with van der Waals surface area (Å²) in [4.78, 5) is 36.7. The number of nitrogens with one attached hydrogen (secondary N) is 1. The van der Waals surface area contributed by atoms with Crippen molar-refractivity contribution in [2.75, 3.05) is 5.88 Å². The van der Waals surface area contributed by atoms with Crippen molar-refractivity contribution in [1.29, 1.82) is 0 Å². The number of phenols is 2. The number of hydrogen-bond donors (Lipinski definition) is 4.